The van der Waals surface area contributed by atoms with Gasteiger partial charge in [0, 0.05) is 24.1 Å². The minimum Gasteiger partial charge on any atom is -0.449 e. The van der Waals surface area contributed by atoms with Crippen molar-refractivity contribution in [2.45, 2.75) is 13.0 Å². The van der Waals surface area contributed by atoms with Crippen LogP contribution in [0.25, 0.3) is 10.9 Å². The molecule has 0 radical (unpaired) electrons. The number of nitrogens with zero attached hydrogens (tertiary/aromatic N) is 1. The average molecular weight is 340 g/mol. The number of benzene rings is 2. The highest BCUT2D eigenvalue weighted by molar-refractivity contribution is 6.05. The predicted molar refractivity (Wildman–Crippen MR) is 92.8 cm³/mol. The minimum absolute atomic E-state index is 0.0422. The van der Waals surface area contributed by atoms with Gasteiger partial charge in [-0.25, -0.2) is 9.18 Å². The quantitative estimate of drug-likeness (QED) is 0.740. The summed E-state index contributed by atoms with van der Waals surface area (Å²) >= 11 is 0. The van der Waals surface area contributed by atoms with E-state index < -0.39 is 23.8 Å². The molecular formula is C19H17FN2O3. The van der Waals surface area contributed by atoms with Gasteiger partial charge in [-0.05, 0) is 25.1 Å². The van der Waals surface area contributed by atoms with Gasteiger partial charge in [0.2, 0.25) is 0 Å². The van der Waals surface area contributed by atoms with Gasteiger partial charge in [0.25, 0.3) is 5.91 Å². The van der Waals surface area contributed by atoms with Gasteiger partial charge in [-0.15, -0.1) is 0 Å². The Balaban J connectivity index is 1.73. The van der Waals surface area contributed by atoms with Crippen molar-refractivity contribution in [1.82, 2.24) is 4.57 Å². The van der Waals surface area contributed by atoms with Crippen LogP contribution in [0.4, 0.5) is 10.1 Å². The number of para-hydroxylation sites is 2. The molecule has 0 fully saturated rings. The second kappa shape index (κ2) is 6.76. The number of rotatable bonds is 4. The maximum Gasteiger partial charge on any atom is 0.341 e. The summed E-state index contributed by atoms with van der Waals surface area (Å²) in [5.41, 5.74) is 1.31. The molecule has 0 aliphatic rings. The Bertz CT molecular complexity index is 949. The highest BCUT2D eigenvalue weighted by Crippen LogP contribution is 2.21. The summed E-state index contributed by atoms with van der Waals surface area (Å²) in [6, 6.07) is 13.2. The molecule has 0 saturated heterocycles. The van der Waals surface area contributed by atoms with Crippen LogP contribution in [0, 0.1) is 5.82 Å². The molecule has 25 heavy (non-hydrogen) atoms. The number of aryl methyl sites for hydroxylation is 1. The zero-order valence-electron chi connectivity index (χ0n) is 13.8. The molecule has 1 atom stereocenters. The third-order valence-corrected chi connectivity index (χ3v) is 3.90. The predicted octanol–water partition coefficient (Wildman–Crippen LogP) is 3.50. The molecule has 0 spiro atoms. The first-order valence-corrected chi connectivity index (χ1v) is 7.78. The Kier molecular flexibility index (Phi) is 4.52. The summed E-state index contributed by atoms with van der Waals surface area (Å²) in [7, 11) is 1.83. The van der Waals surface area contributed by atoms with E-state index in [0.29, 0.717) is 5.56 Å². The van der Waals surface area contributed by atoms with E-state index in [0.717, 1.165) is 10.9 Å². The first-order valence-electron chi connectivity index (χ1n) is 7.78. The number of ether oxygens (including phenoxy) is 1. The van der Waals surface area contributed by atoms with E-state index in [1.807, 2.05) is 35.9 Å². The Morgan fingerprint density at radius 2 is 1.80 bits per heavy atom. The molecule has 3 aromatic rings. The molecule has 0 bridgehead atoms. The number of carbonyl (C=O) groups excluding carboxylic acids is 2. The number of amides is 1. The minimum atomic E-state index is -1.06. The Morgan fingerprint density at radius 3 is 2.56 bits per heavy atom. The molecule has 0 saturated carbocycles. The first-order chi connectivity index (χ1) is 12.0. The average Bonchev–Trinajstić information content (AvgIpc) is 2.94. The van der Waals surface area contributed by atoms with Gasteiger partial charge in [-0.1, -0.05) is 30.3 Å². The molecule has 1 N–H and O–H groups in total. The van der Waals surface area contributed by atoms with Crippen molar-refractivity contribution in [2.75, 3.05) is 5.32 Å². The van der Waals surface area contributed by atoms with Gasteiger partial charge in [0.15, 0.2) is 6.10 Å². The third kappa shape index (κ3) is 3.38. The Labute approximate surface area is 144 Å². The van der Waals surface area contributed by atoms with Gasteiger partial charge < -0.3 is 14.6 Å². The monoisotopic (exact) mass is 340 g/mol. The topological polar surface area (TPSA) is 60.3 Å². The number of anilines is 1. The third-order valence-electron chi connectivity index (χ3n) is 3.90. The molecule has 1 aromatic heterocycles. The lowest BCUT2D eigenvalue weighted by Gasteiger charge is -2.13. The van der Waals surface area contributed by atoms with Crippen molar-refractivity contribution < 1.29 is 18.7 Å². The number of esters is 1. The fraction of sp³-hybridized carbons (Fsp3) is 0.158. The van der Waals surface area contributed by atoms with E-state index in [9.17, 15) is 14.0 Å². The van der Waals surface area contributed by atoms with E-state index in [2.05, 4.69) is 5.32 Å². The van der Waals surface area contributed by atoms with Gasteiger partial charge in [-0.3, -0.25) is 4.79 Å². The van der Waals surface area contributed by atoms with E-state index in [-0.39, 0.29) is 5.69 Å². The van der Waals surface area contributed by atoms with Crippen LogP contribution in [0.3, 0.4) is 0 Å². The smallest absolute Gasteiger partial charge is 0.341 e. The second-order valence-corrected chi connectivity index (χ2v) is 5.69. The lowest BCUT2D eigenvalue weighted by atomic mass is 10.2. The summed E-state index contributed by atoms with van der Waals surface area (Å²) in [5.74, 6) is -1.75. The summed E-state index contributed by atoms with van der Waals surface area (Å²) in [6.45, 7) is 1.44. The number of carbonyl (C=O) groups is 2. The Hall–Kier alpha value is -3.15. The molecule has 1 heterocycles. The van der Waals surface area contributed by atoms with Crippen molar-refractivity contribution in [3.05, 3.63) is 66.1 Å². The zero-order chi connectivity index (χ0) is 18.0. The van der Waals surface area contributed by atoms with Crippen LogP contribution in [-0.2, 0) is 16.6 Å². The van der Waals surface area contributed by atoms with Crippen LogP contribution in [0.5, 0.6) is 0 Å². The Morgan fingerprint density at radius 1 is 1.12 bits per heavy atom. The second-order valence-electron chi connectivity index (χ2n) is 5.69. The lowest BCUT2D eigenvalue weighted by Crippen LogP contribution is -2.30. The van der Waals surface area contributed by atoms with E-state index in [4.69, 9.17) is 4.74 Å². The van der Waals surface area contributed by atoms with Gasteiger partial charge >= 0.3 is 5.97 Å². The van der Waals surface area contributed by atoms with Crippen LogP contribution >= 0.6 is 0 Å². The molecule has 0 aliphatic heterocycles. The highest BCUT2D eigenvalue weighted by atomic mass is 19.1. The number of aromatic nitrogens is 1. The standard InChI is InChI=1S/C19H17FN2O3/c1-12(18(23)21-16-9-5-4-8-15(16)20)25-19(24)14-11-22(2)17-10-6-3-7-13(14)17/h3-12H,1-2H3,(H,21,23). The van der Waals surface area contributed by atoms with E-state index in [1.165, 1.54) is 25.1 Å². The van der Waals surface area contributed by atoms with Crippen LogP contribution in [0.2, 0.25) is 0 Å². The molecule has 5 nitrogen and oxygen atoms in total. The summed E-state index contributed by atoms with van der Waals surface area (Å²) in [5, 5.41) is 3.16. The number of hydrogen-bond acceptors (Lipinski definition) is 3. The van der Waals surface area contributed by atoms with Crippen LogP contribution in [-0.4, -0.2) is 22.5 Å². The van der Waals surface area contributed by atoms with Gasteiger partial charge in [-0.2, -0.15) is 0 Å². The zero-order valence-corrected chi connectivity index (χ0v) is 13.8. The molecule has 0 aliphatic carbocycles. The number of nitrogens with one attached hydrogen (secondary N) is 1. The van der Waals surface area contributed by atoms with Crippen molar-refractivity contribution in [1.29, 1.82) is 0 Å². The largest absolute Gasteiger partial charge is 0.449 e. The normalized spacial score (nSPS) is 12.0. The van der Waals surface area contributed by atoms with Crippen LogP contribution < -0.4 is 5.32 Å². The van der Waals surface area contributed by atoms with E-state index >= 15 is 0 Å². The molecule has 6 heteroatoms. The molecule has 2 aromatic carbocycles. The highest BCUT2D eigenvalue weighted by Gasteiger charge is 2.22. The van der Waals surface area contributed by atoms with Crippen molar-refractivity contribution in [3.63, 3.8) is 0 Å². The maximum atomic E-state index is 13.6. The van der Waals surface area contributed by atoms with Crippen LogP contribution in [0.1, 0.15) is 17.3 Å². The fourth-order valence-corrected chi connectivity index (χ4v) is 2.58. The molecule has 128 valence electrons. The summed E-state index contributed by atoms with van der Waals surface area (Å²) < 4.78 is 20.7. The molecule has 1 amide bonds. The lowest BCUT2D eigenvalue weighted by molar-refractivity contribution is -0.123. The van der Waals surface area contributed by atoms with Crippen molar-refractivity contribution in [2.24, 2.45) is 7.05 Å². The number of hydrogen-bond donors (Lipinski definition) is 1. The van der Waals surface area contributed by atoms with Gasteiger partial charge in [0.05, 0.1) is 11.3 Å². The number of halogens is 1. The van der Waals surface area contributed by atoms with E-state index in [1.54, 1.807) is 12.3 Å². The summed E-state index contributed by atoms with van der Waals surface area (Å²) in [6.07, 6.45) is 0.597. The first kappa shape index (κ1) is 16.7. The van der Waals surface area contributed by atoms with Crippen molar-refractivity contribution >= 4 is 28.5 Å². The fourth-order valence-electron chi connectivity index (χ4n) is 2.58. The number of fused-ring (bicyclic) bond motifs is 1. The molecule has 1 unspecified atom stereocenters. The van der Waals surface area contributed by atoms with Crippen molar-refractivity contribution in [3.8, 4) is 0 Å². The maximum absolute atomic E-state index is 13.6. The molecular weight excluding hydrogens is 323 g/mol. The van der Waals surface area contributed by atoms with Gasteiger partial charge in [0.1, 0.15) is 5.82 Å². The summed E-state index contributed by atoms with van der Waals surface area (Å²) in [4.78, 5) is 24.6. The van der Waals surface area contributed by atoms with Crippen LogP contribution in [0.15, 0.2) is 54.7 Å². The SMILES string of the molecule is CC(OC(=O)c1cn(C)c2ccccc12)C(=O)Nc1ccccc1F. The molecule has 3 rings (SSSR count).